The van der Waals surface area contributed by atoms with E-state index in [1.54, 1.807) is 23.3 Å². The number of para-hydroxylation sites is 1. The Kier molecular flexibility index (Phi) is 6.47. The van der Waals surface area contributed by atoms with Crippen LogP contribution in [0.15, 0.2) is 69.6 Å². The van der Waals surface area contributed by atoms with Gasteiger partial charge in [-0.05, 0) is 43.4 Å². The molecule has 0 N–H and O–H groups in total. The lowest BCUT2D eigenvalue weighted by Crippen LogP contribution is -2.41. The first-order chi connectivity index (χ1) is 18.1. The van der Waals surface area contributed by atoms with E-state index in [2.05, 4.69) is 25.8 Å². The third kappa shape index (κ3) is 4.04. The molecule has 0 spiro atoms. The SMILES string of the molecule is CCOC(=O)C1=C(C)N=c2sc(=C3C(=O)N(CC)c4ccccc43)c(=O)n2[C@@H]1c1ccc(C(C)(C)C)cc1. The van der Waals surface area contributed by atoms with Crippen molar-refractivity contribution in [1.29, 1.82) is 0 Å². The largest absolute Gasteiger partial charge is 0.463 e. The van der Waals surface area contributed by atoms with Gasteiger partial charge in [0, 0.05) is 12.1 Å². The van der Waals surface area contributed by atoms with Crippen LogP contribution < -0.4 is 19.8 Å². The van der Waals surface area contributed by atoms with Crippen LogP contribution in [0.3, 0.4) is 0 Å². The summed E-state index contributed by atoms with van der Waals surface area (Å²) in [5.74, 6) is -0.706. The minimum Gasteiger partial charge on any atom is -0.463 e. The summed E-state index contributed by atoms with van der Waals surface area (Å²) in [7, 11) is 0. The zero-order valence-electron chi connectivity index (χ0n) is 22.5. The standard InChI is InChI=1S/C30H31N3O4S/c1-7-32-21-12-10-9-11-20(21)23(26(32)34)25-27(35)33-24(18-13-15-19(16-14-18)30(4,5)6)22(28(36)37-8-2)17(3)31-29(33)38-25/h9-16,24H,7-8H2,1-6H3/t24-/m1/s1. The molecule has 0 radical (unpaired) electrons. The molecule has 2 aliphatic rings. The Morgan fingerprint density at radius 1 is 1.05 bits per heavy atom. The highest BCUT2D eigenvalue weighted by Crippen LogP contribution is 2.35. The molecule has 3 aromatic rings. The number of esters is 1. The van der Waals surface area contributed by atoms with Gasteiger partial charge in [0.2, 0.25) is 0 Å². The normalized spacial score (nSPS) is 18.3. The minimum atomic E-state index is -0.720. The molecule has 0 saturated heterocycles. The van der Waals surface area contributed by atoms with Crippen molar-refractivity contribution >= 4 is 34.5 Å². The van der Waals surface area contributed by atoms with Gasteiger partial charge in [-0.3, -0.25) is 14.2 Å². The highest BCUT2D eigenvalue weighted by Gasteiger charge is 2.37. The van der Waals surface area contributed by atoms with Crippen LogP contribution in [-0.4, -0.2) is 29.6 Å². The van der Waals surface area contributed by atoms with Gasteiger partial charge in [0.25, 0.3) is 11.5 Å². The first kappa shape index (κ1) is 25.9. The topological polar surface area (TPSA) is 81.0 Å². The van der Waals surface area contributed by atoms with Gasteiger partial charge in [0.1, 0.15) is 4.53 Å². The van der Waals surface area contributed by atoms with E-state index in [1.807, 2.05) is 55.5 Å². The fourth-order valence-electron chi connectivity index (χ4n) is 5.14. The van der Waals surface area contributed by atoms with Crippen LogP contribution in [0.1, 0.15) is 64.3 Å². The predicted molar refractivity (Wildman–Crippen MR) is 149 cm³/mol. The number of likely N-dealkylation sites (N-methyl/N-ethyl adjacent to an activating group) is 1. The molecule has 1 atom stereocenters. The summed E-state index contributed by atoms with van der Waals surface area (Å²) >= 11 is 1.19. The van der Waals surface area contributed by atoms with Gasteiger partial charge in [-0.2, -0.15) is 0 Å². The average Bonchev–Trinajstić information content (AvgIpc) is 3.34. The number of carbonyl (C=O) groups excluding carboxylic acids is 2. The number of allylic oxidation sites excluding steroid dienone is 1. The van der Waals surface area contributed by atoms with Crippen molar-refractivity contribution in [2.45, 2.75) is 53.0 Å². The fraction of sp³-hybridized carbons (Fsp3) is 0.333. The Morgan fingerprint density at radius 3 is 2.37 bits per heavy atom. The maximum atomic E-state index is 14.1. The fourth-order valence-corrected chi connectivity index (χ4v) is 6.27. The monoisotopic (exact) mass is 529 g/mol. The van der Waals surface area contributed by atoms with Crippen molar-refractivity contribution in [3.05, 3.63) is 96.2 Å². The number of ether oxygens (including phenoxy) is 1. The molecule has 0 bridgehead atoms. The summed E-state index contributed by atoms with van der Waals surface area (Å²) in [6.07, 6.45) is 0. The van der Waals surface area contributed by atoms with E-state index >= 15 is 0 Å². The number of amides is 1. The molecule has 1 amide bonds. The van der Waals surface area contributed by atoms with E-state index in [4.69, 9.17) is 4.74 Å². The summed E-state index contributed by atoms with van der Waals surface area (Å²) in [5.41, 5.74) is 4.26. The zero-order valence-corrected chi connectivity index (χ0v) is 23.3. The zero-order chi connectivity index (χ0) is 27.4. The van der Waals surface area contributed by atoms with Crippen LogP contribution in [0.5, 0.6) is 0 Å². The molecule has 0 fully saturated rings. The van der Waals surface area contributed by atoms with Gasteiger partial charge in [-0.1, -0.05) is 74.6 Å². The van der Waals surface area contributed by atoms with Crippen molar-refractivity contribution in [3.63, 3.8) is 0 Å². The number of fused-ring (bicyclic) bond motifs is 2. The second-order valence-corrected chi connectivity index (χ2v) is 11.4. The molecule has 2 aliphatic heterocycles. The van der Waals surface area contributed by atoms with E-state index in [-0.39, 0.29) is 23.5 Å². The summed E-state index contributed by atoms with van der Waals surface area (Å²) < 4.78 is 7.27. The molecule has 0 saturated carbocycles. The summed E-state index contributed by atoms with van der Waals surface area (Å²) in [6, 6.07) is 14.8. The molecule has 5 rings (SSSR count). The lowest BCUT2D eigenvalue weighted by molar-refractivity contribution is -0.139. The third-order valence-electron chi connectivity index (χ3n) is 7.05. The maximum absolute atomic E-state index is 14.1. The van der Waals surface area contributed by atoms with Crippen LogP contribution in [0.2, 0.25) is 0 Å². The smallest absolute Gasteiger partial charge is 0.338 e. The van der Waals surface area contributed by atoms with Crippen LogP contribution >= 0.6 is 11.3 Å². The predicted octanol–water partition coefficient (Wildman–Crippen LogP) is 3.83. The van der Waals surface area contributed by atoms with Crippen LogP contribution in [0.25, 0.3) is 5.57 Å². The van der Waals surface area contributed by atoms with Crippen molar-refractivity contribution in [2.75, 3.05) is 18.1 Å². The molecule has 0 aliphatic carbocycles. The Bertz CT molecular complexity index is 1670. The van der Waals surface area contributed by atoms with Crippen molar-refractivity contribution in [1.82, 2.24) is 4.57 Å². The van der Waals surface area contributed by atoms with E-state index < -0.39 is 12.0 Å². The van der Waals surface area contributed by atoms with Gasteiger partial charge in [-0.25, -0.2) is 9.79 Å². The van der Waals surface area contributed by atoms with Gasteiger partial charge in [0.15, 0.2) is 4.80 Å². The van der Waals surface area contributed by atoms with Crippen LogP contribution in [0.4, 0.5) is 5.69 Å². The molecule has 8 heteroatoms. The molecular formula is C30H31N3O4S. The molecular weight excluding hydrogens is 498 g/mol. The van der Waals surface area contributed by atoms with E-state index in [1.165, 1.54) is 11.3 Å². The lowest BCUT2D eigenvalue weighted by atomic mass is 9.85. The Balaban J connectivity index is 1.79. The number of rotatable bonds is 4. The van der Waals surface area contributed by atoms with E-state index in [9.17, 15) is 14.4 Å². The summed E-state index contributed by atoms with van der Waals surface area (Å²) in [6.45, 7) is 12.5. The second-order valence-electron chi connectivity index (χ2n) is 10.4. The Morgan fingerprint density at radius 2 is 1.74 bits per heavy atom. The number of thiazole rings is 1. The first-order valence-electron chi connectivity index (χ1n) is 12.8. The Labute approximate surface area is 225 Å². The van der Waals surface area contributed by atoms with Crippen molar-refractivity contribution in [2.24, 2.45) is 4.99 Å². The summed E-state index contributed by atoms with van der Waals surface area (Å²) in [4.78, 5) is 47.6. The number of anilines is 1. The van der Waals surface area contributed by atoms with Crippen LogP contribution in [0, 0.1) is 0 Å². The van der Waals surface area contributed by atoms with Crippen molar-refractivity contribution in [3.8, 4) is 0 Å². The van der Waals surface area contributed by atoms with Crippen molar-refractivity contribution < 1.29 is 14.3 Å². The maximum Gasteiger partial charge on any atom is 0.338 e. The number of hydrogen-bond acceptors (Lipinski definition) is 6. The third-order valence-corrected chi connectivity index (χ3v) is 8.10. The van der Waals surface area contributed by atoms with Gasteiger partial charge in [-0.15, -0.1) is 0 Å². The number of hydrogen-bond donors (Lipinski definition) is 0. The minimum absolute atomic E-state index is 0.0499. The number of nitrogens with zero attached hydrogens (tertiary/aromatic N) is 3. The highest BCUT2D eigenvalue weighted by molar-refractivity contribution is 7.07. The van der Waals surface area contributed by atoms with Gasteiger partial charge >= 0.3 is 5.97 Å². The first-order valence-corrected chi connectivity index (χ1v) is 13.6. The molecule has 1 aromatic heterocycles. The quantitative estimate of drug-likeness (QED) is 0.481. The van der Waals surface area contributed by atoms with Gasteiger partial charge in [0.05, 0.1) is 35.2 Å². The number of benzene rings is 2. The summed E-state index contributed by atoms with van der Waals surface area (Å²) in [5, 5.41) is 0. The highest BCUT2D eigenvalue weighted by atomic mass is 32.1. The van der Waals surface area contributed by atoms with Crippen LogP contribution in [-0.2, 0) is 19.7 Å². The Hall–Kier alpha value is -3.78. The molecule has 38 heavy (non-hydrogen) atoms. The molecule has 3 heterocycles. The lowest BCUT2D eigenvalue weighted by Gasteiger charge is -2.26. The number of carbonyl (C=O) groups is 2. The second kappa shape index (κ2) is 9.51. The molecule has 0 unspecified atom stereocenters. The van der Waals surface area contributed by atoms with E-state index in [0.29, 0.717) is 32.7 Å². The van der Waals surface area contributed by atoms with Gasteiger partial charge < -0.3 is 9.64 Å². The molecule has 2 aromatic carbocycles. The molecule has 7 nitrogen and oxygen atoms in total. The number of aromatic nitrogens is 1. The average molecular weight is 530 g/mol. The molecule has 196 valence electrons. The van der Waals surface area contributed by atoms with E-state index in [0.717, 1.165) is 22.4 Å².